The minimum absolute atomic E-state index is 0.447. The summed E-state index contributed by atoms with van der Waals surface area (Å²) in [6.45, 7) is 0.469. The number of fused-ring (bicyclic) bond motifs is 3. The molecule has 0 spiro atoms. The third-order valence-corrected chi connectivity index (χ3v) is 3.45. The van der Waals surface area contributed by atoms with Gasteiger partial charge in [-0.25, -0.2) is 4.52 Å². The highest BCUT2D eigenvalue weighted by molar-refractivity contribution is 5.75. The van der Waals surface area contributed by atoms with Crippen molar-refractivity contribution in [2.45, 2.75) is 6.61 Å². The average molecular weight is 292 g/mol. The molecule has 0 amide bonds. The lowest BCUT2D eigenvalue weighted by Gasteiger charge is -2.07. The predicted molar refractivity (Wildman–Crippen MR) is 80.2 cm³/mol. The third-order valence-electron chi connectivity index (χ3n) is 3.45. The van der Waals surface area contributed by atoms with Crippen molar-refractivity contribution in [3.05, 3.63) is 71.6 Å². The quantitative estimate of drug-likeness (QED) is 0.428. The number of hydrogen-bond donors (Lipinski definition) is 0. The van der Waals surface area contributed by atoms with E-state index in [0.717, 1.165) is 5.56 Å². The maximum atomic E-state index is 11.9. The van der Waals surface area contributed by atoms with Crippen molar-refractivity contribution in [1.82, 2.24) is 14.7 Å². The highest BCUT2D eigenvalue weighted by Gasteiger charge is 2.13. The molecule has 0 N–H and O–H groups in total. The molecule has 22 heavy (non-hydrogen) atoms. The number of benzene rings is 2. The van der Waals surface area contributed by atoms with Gasteiger partial charge in [-0.15, -0.1) is 0 Å². The Kier molecular flexibility index (Phi) is 2.86. The van der Waals surface area contributed by atoms with E-state index in [1.807, 2.05) is 30.3 Å². The van der Waals surface area contributed by atoms with E-state index in [-0.39, 0.29) is 0 Å². The fourth-order valence-corrected chi connectivity index (χ4v) is 2.37. The summed E-state index contributed by atoms with van der Waals surface area (Å²) in [5.41, 5.74) is 2.70. The highest BCUT2D eigenvalue weighted by atomic mass is 16.5. The van der Waals surface area contributed by atoms with Crippen LogP contribution in [0.3, 0.4) is 0 Å². The maximum Gasteiger partial charge on any atom is 0.270 e. The molecule has 0 bridgehead atoms. The Bertz CT molecular complexity index is 950. The zero-order valence-electron chi connectivity index (χ0n) is 11.6. The van der Waals surface area contributed by atoms with Crippen molar-refractivity contribution in [2.75, 3.05) is 0 Å². The van der Waals surface area contributed by atoms with Gasteiger partial charge in [0.25, 0.3) is 5.52 Å². The van der Waals surface area contributed by atoms with Gasteiger partial charge in [0.15, 0.2) is 0 Å². The predicted octanol–water partition coefficient (Wildman–Crippen LogP) is 2.09. The second kappa shape index (κ2) is 5.00. The molecule has 0 aliphatic rings. The van der Waals surface area contributed by atoms with Crippen LogP contribution in [0.25, 0.3) is 16.7 Å². The Balaban J connectivity index is 1.73. The van der Waals surface area contributed by atoms with E-state index in [0.29, 0.717) is 33.9 Å². The summed E-state index contributed by atoms with van der Waals surface area (Å²) in [7, 11) is 0. The van der Waals surface area contributed by atoms with Gasteiger partial charge in [-0.2, -0.15) is 5.10 Å². The standard InChI is InChI=1S/C16H12N4O2/c21-20-14-7-6-13(22-11-12-4-2-1-3-5-12)10-15(14)19-16(18-20)8-9-17-19/h1-10H,11H2. The van der Waals surface area contributed by atoms with Crippen molar-refractivity contribution < 1.29 is 9.58 Å². The van der Waals surface area contributed by atoms with Crippen LogP contribution < -0.4 is 9.58 Å². The van der Waals surface area contributed by atoms with Crippen molar-refractivity contribution >= 4 is 16.7 Å². The van der Waals surface area contributed by atoms with E-state index in [4.69, 9.17) is 4.74 Å². The van der Waals surface area contributed by atoms with Crippen LogP contribution in [0.15, 0.2) is 60.8 Å². The van der Waals surface area contributed by atoms with Crippen LogP contribution in [-0.4, -0.2) is 14.7 Å². The molecule has 0 atom stereocenters. The number of rotatable bonds is 3. The van der Waals surface area contributed by atoms with E-state index in [1.54, 1.807) is 35.0 Å². The molecule has 0 unspecified atom stereocenters. The molecule has 0 aliphatic heterocycles. The molecule has 2 aromatic carbocycles. The van der Waals surface area contributed by atoms with Crippen LogP contribution in [-0.2, 0) is 6.61 Å². The Morgan fingerprint density at radius 2 is 1.95 bits per heavy atom. The zero-order valence-corrected chi connectivity index (χ0v) is 11.6. The molecule has 0 saturated carbocycles. The van der Waals surface area contributed by atoms with E-state index >= 15 is 0 Å². The fraction of sp³-hybridized carbons (Fsp3) is 0.0625. The SMILES string of the molecule is [O-][n+]1nc2ccnn2c2cc(OCc3ccccc3)ccc21. The summed E-state index contributed by atoms with van der Waals surface area (Å²) in [5, 5.41) is 20.0. The molecule has 6 nitrogen and oxygen atoms in total. The van der Waals surface area contributed by atoms with Crippen molar-refractivity contribution in [3.8, 4) is 5.75 Å². The summed E-state index contributed by atoms with van der Waals surface area (Å²) in [6, 6.07) is 16.8. The number of ether oxygens (including phenoxy) is 1. The van der Waals surface area contributed by atoms with Crippen molar-refractivity contribution in [3.63, 3.8) is 0 Å². The van der Waals surface area contributed by atoms with Gasteiger partial charge in [-0.05, 0) is 16.5 Å². The highest BCUT2D eigenvalue weighted by Crippen LogP contribution is 2.19. The van der Waals surface area contributed by atoms with Crippen LogP contribution in [0.1, 0.15) is 5.56 Å². The van der Waals surface area contributed by atoms with Gasteiger partial charge >= 0.3 is 0 Å². The smallest absolute Gasteiger partial charge is 0.270 e. The molecular weight excluding hydrogens is 280 g/mol. The first-order valence-electron chi connectivity index (χ1n) is 6.85. The Labute approximate surface area is 125 Å². The molecule has 6 heteroatoms. The van der Waals surface area contributed by atoms with E-state index in [2.05, 4.69) is 10.2 Å². The van der Waals surface area contributed by atoms with E-state index in [9.17, 15) is 5.21 Å². The molecular formula is C16H12N4O2. The topological polar surface area (TPSA) is 66.4 Å². The number of hydrogen-bond acceptors (Lipinski definition) is 4. The number of aromatic nitrogens is 4. The third kappa shape index (κ3) is 2.10. The lowest BCUT2D eigenvalue weighted by molar-refractivity contribution is -0.640. The van der Waals surface area contributed by atoms with Gasteiger partial charge < -0.3 is 9.94 Å². The van der Waals surface area contributed by atoms with Crippen LogP contribution >= 0.6 is 0 Å². The largest absolute Gasteiger partial charge is 0.594 e. The van der Waals surface area contributed by atoms with Gasteiger partial charge in [0.05, 0.1) is 6.20 Å². The maximum absolute atomic E-state index is 11.9. The molecule has 4 rings (SSSR count). The molecule has 108 valence electrons. The van der Waals surface area contributed by atoms with Crippen LogP contribution in [0.4, 0.5) is 0 Å². The minimum atomic E-state index is 0.447. The van der Waals surface area contributed by atoms with Crippen LogP contribution in [0.2, 0.25) is 0 Å². The van der Waals surface area contributed by atoms with Crippen molar-refractivity contribution in [2.24, 2.45) is 0 Å². The molecule has 2 aromatic heterocycles. The summed E-state index contributed by atoms with van der Waals surface area (Å²) in [4.78, 5) is 0.604. The van der Waals surface area contributed by atoms with Crippen molar-refractivity contribution in [1.29, 1.82) is 0 Å². The first-order valence-corrected chi connectivity index (χ1v) is 6.85. The lowest BCUT2D eigenvalue weighted by Crippen LogP contribution is -2.33. The molecule has 4 aromatic rings. The summed E-state index contributed by atoms with van der Waals surface area (Å²) >= 11 is 0. The van der Waals surface area contributed by atoms with Crippen LogP contribution in [0, 0.1) is 5.21 Å². The minimum Gasteiger partial charge on any atom is -0.594 e. The molecule has 0 aliphatic carbocycles. The van der Waals surface area contributed by atoms with E-state index < -0.39 is 0 Å². The van der Waals surface area contributed by atoms with Gasteiger partial charge in [0.2, 0.25) is 5.65 Å². The number of nitrogens with zero attached hydrogens (tertiary/aromatic N) is 4. The Hall–Kier alpha value is -3.15. The zero-order chi connectivity index (χ0) is 14.9. The van der Waals surface area contributed by atoms with Crippen LogP contribution in [0.5, 0.6) is 5.75 Å². The Morgan fingerprint density at radius 3 is 2.82 bits per heavy atom. The lowest BCUT2D eigenvalue weighted by atomic mass is 10.2. The van der Waals surface area contributed by atoms with E-state index in [1.165, 1.54) is 0 Å². The summed E-state index contributed by atoms with van der Waals surface area (Å²) in [6.07, 6.45) is 1.61. The second-order valence-corrected chi connectivity index (χ2v) is 4.90. The molecule has 0 fully saturated rings. The molecule has 2 heterocycles. The van der Waals surface area contributed by atoms with Gasteiger partial charge in [-0.3, -0.25) is 0 Å². The Morgan fingerprint density at radius 1 is 1.09 bits per heavy atom. The molecule has 0 saturated heterocycles. The van der Waals surface area contributed by atoms with Gasteiger partial charge in [0, 0.05) is 23.3 Å². The van der Waals surface area contributed by atoms with Gasteiger partial charge in [0.1, 0.15) is 17.9 Å². The summed E-state index contributed by atoms with van der Waals surface area (Å²) < 4.78 is 7.42. The average Bonchev–Trinajstić information content (AvgIpc) is 3.02. The normalized spacial score (nSPS) is 11.1. The summed E-state index contributed by atoms with van der Waals surface area (Å²) in [5.74, 6) is 0.680. The fourth-order valence-electron chi connectivity index (χ4n) is 2.37. The monoisotopic (exact) mass is 292 g/mol. The first-order chi connectivity index (χ1) is 10.8. The second-order valence-electron chi connectivity index (χ2n) is 4.90. The molecule has 0 radical (unpaired) electrons. The van der Waals surface area contributed by atoms with Gasteiger partial charge in [-0.1, -0.05) is 30.3 Å². The first kappa shape index (κ1) is 12.6.